The van der Waals surface area contributed by atoms with Crippen LogP contribution in [0.5, 0.6) is 5.75 Å². The second kappa shape index (κ2) is 7.99. The molecule has 1 heterocycles. The highest BCUT2D eigenvalue weighted by Gasteiger charge is 2.29. The van der Waals surface area contributed by atoms with Crippen molar-refractivity contribution in [3.8, 4) is 5.75 Å². The minimum absolute atomic E-state index is 0.376. The van der Waals surface area contributed by atoms with Gasteiger partial charge in [0.25, 0.3) is 0 Å². The van der Waals surface area contributed by atoms with Gasteiger partial charge in [-0.05, 0) is 48.0 Å². The number of hydrogen-bond donors (Lipinski definition) is 1. The maximum Gasteiger partial charge on any atom is 0.416 e. The minimum Gasteiger partial charge on any atom is -0.497 e. The predicted octanol–water partition coefficient (Wildman–Crippen LogP) is 5.48. The number of alkyl halides is 3. The first-order valence-corrected chi connectivity index (χ1v) is 8.12. The van der Waals surface area contributed by atoms with E-state index < -0.39 is 11.7 Å². The van der Waals surface area contributed by atoms with Crippen LogP contribution in [0.25, 0.3) is 12.2 Å². The number of nitrogens with zero attached hydrogens (tertiary/aromatic N) is 1. The van der Waals surface area contributed by atoms with E-state index in [1.807, 2.05) is 24.3 Å². The first kappa shape index (κ1) is 18.6. The Balaban J connectivity index is 1.57. The zero-order valence-corrected chi connectivity index (χ0v) is 14.5. The Morgan fingerprint density at radius 2 is 1.74 bits per heavy atom. The number of hydrogen-bond acceptors (Lipinski definition) is 4. The Kier molecular flexibility index (Phi) is 5.49. The van der Waals surface area contributed by atoms with Crippen molar-refractivity contribution in [2.24, 2.45) is 0 Å². The molecule has 0 saturated heterocycles. The SMILES string of the molecule is COc1ccc(NCc2coc(/C=C/c3ccc(C(F)(F)F)cc3)n2)cc1. The number of ether oxygens (including phenoxy) is 1. The Labute approximate surface area is 154 Å². The van der Waals surface area contributed by atoms with Crippen molar-refractivity contribution in [3.63, 3.8) is 0 Å². The fourth-order valence-electron chi connectivity index (χ4n) is 2.33. The number of nitrogens with one attached hydrogen (secondary N) is 1. The zero-order chi connectivity index (χ0) is 19.3. The van der Waals surface area contributed by atoms with Crippen LogP contribution < -0.4 is 10.1 Å². The molecule has 140 valence electrons. The van der Waals surface area contributed by atoms with Crippen molar-refractivity contribution in [1.29, 1.82) is 0 Å². The van der Waals surface area contributed by atoms with Gasteiger partial charge in [0, 0.05) is 11.8 Å². The van der Waals surface area contributed by atoms with Crippen LogP contribution in [0, 0.1) is 0 Å². The van der Waals surface area contributed by atoms with Crippen molar-refractivity contribution in [2.75, 3.05) is 12.4 Å². The fraction of sp³-hybridized carbons (Fsp3) is 0.150. The summed E-state index contributed by atoms with van der Waals surface area (Å²) in [5, 5.41) is 3.21. The highest BCUT2D eigenvalue weighted by molar-refractivity contribution is 5.66. The second-order valence-electron chi connectivity index (χ2n) is 5.71. The molecule has 4 nitrogen and oxygen atoms in total. The molecule has 0 fully saturated rings. The van der Waals surface area contributed by atoms with Gasteiger partial charge in [0.15, 0.2) is 0 Å². The number of methoxy groups -OCH3 is 1. The van der Waals surface area contributed by atoms with Gasteiger partial charge in [0.1, 0.15) is 12.0 Å². The van der Waals surface area contributed by atoms with E-state index in [9.17, 15) is 13.2 Å². The molecule has 0 spiro atoms. The van der Waals surface area contributed by atoms with Gasteiger partial charge in [0.05, 0.1) is 24.9 Å². The maximum absolute atomic E-state index is 12.6. The van der Waals surface area contributed by atoms with Crippen molar-refractivity contribution < 1.29 is 22.3 Å². The number of aromatic nitrogens is 1. The molecule has 7 heteroatoms. The summed E-state index contributed by atoms with van der Waals surface area (Å²) in [5.74, 6) is 1.15. The molecule has 0 aliphatic carbocycles. The average molecular weight is 374 g/mol. The standard InChI is InChI=1S/C20H17F3N2O2/c1-26-18-9-7-16(8-10-18)24-12-17-13-27-19(25-17)11-4-14-2-5-15(6-3-14)20(21,22)23/h2-11,13,24H,12H2,1H3/b11-4+. The normalized spacial score (nSPS) is 11.7. The summed E-state index contributed by atoms with van der Waals surface area (Å²) in [4.78, 5) is 4.31. The summed E-state index contributed by atoms with van der Waals surface area (Å²) in [6.45, 7) is 0.476. The number of rotatable bonds is 6. The zero-order valence-electron chi connectivity index (χ0n) is 14.5. The van der Waals surface area contributed by atoms with E-state index >= 15 is 0 Å². The number of anilines is 1. The Morgan fingerprint density at radius 1 is 1.04 bits per heavy atom. The molecule has 1 aromatic heterocycles. The molecule has 0 aliphatic rings. The van der Waals surface area contributed by atoms with Gasteiger partial charge in [-0.15, -0.1) is 0 Å². The molecule has 0 unspecified atom stereocenters. The molecule has 0 radical (unpaired) electrons. The van der Waals surface area contributed by atoms with Gasteiger partial charge in [-0.3, -0.25) is 0 Å². The van der Waals surface area contributed by atoms with E-state index in [0.29, 0.717) is 23.7 Å². The topological polar surface area (TPSA) is 47.3 Å². The highest BCUT2D eigenvalue weighted by Crippen LogP contribution is 2.29. The van der Waals surface area contributed by atoms with Crippen LogP contribution in [0.1, 0.15) is 22.7 Å². The number of oxazole rings is 1. The molecular formula is C20H17F3N2O2. The van der Waals surface area contributed by atoms with Crippen LogP contribution in [0.15, 0.2) is 59.2 Å². The smallest absolute Gasteiger partial charge is 0.416 e. The number of benzene rings is 2. The van der Waals surface area contributed by atoms with Crippen molar-refractivity contribution >= 4 is 17.8 Å². The Morgan fingerprint density at radius 3 is 2.37 bits per heavy atom. The number of halogens is 3. The van der Waals surface area contributed by atoms with E-state index in [0.717, 1.165) is 23.6 Å². The van der Waals surface area contributed by atoms with E-state index in [1.54, 1.807) is 19.3 Å². The molecule has 3 rings (SSSR count). The summed E-state index contributed by atoms with van der Waals surface area (Å²) in [5.41, 5.74) is 1.57. The van der Waals surface area contributed by atoms with Gasteiger partial charge in [-0.2, -0.15) is 13.2 Å². The van der Waals surface area contributed by atoms with Gasteiger partial charge in [-0.25, -0.2) is 4.98 Å². The first-order valence-electron chi connectivity index (χ1n) is 8.12. The van der Waals surface area contributed by atoms with Crippen LogP contribution in [0.3, 0.4) is 0 Å². The monoisotopic (exact) mass is 374 g/mol. The molecule has 0 amide bonds. The van der Waals surface area contributed by atoms with E-state index in [-0.39, 0.29) is 0 Å². The lowest BCUT2D eigenvalue weighted by Crippen LogP contribution is -2.03. The van der Waals surface area contributed by atoms with Gasteiger partial charge >= 0.3 is 6.18 Å². The third-order valence-corrected chi connectivity index (χ3v) is 3.79. The third kappa shape index (κ3) is 5.13. The largest absolute Gasteiger partial charge is 0.497 e. The molecular weight excluding hydrogens is 357 g/mol. The van der Waals surface area contributed by atoms with E-state index in [2.05, 4.69) is 10.3 Å². The summed E-state index contributed by atoms with van der Waals surface area (Å²) in [6.07, 6.45) is 0.450. The van der Waals surface area contributed by atoms with Crippen LogP contribution in [0.4, 0.5) is 18.9 Å². The fourth-order valence-corrected chi connectivity index (χ4v) is 2.33. The summed E-state index contributed by atoms with van der Waals surface area (Å²) < 4.78 is 48.1. The third-order valence-electron chi connectivity index (χ3n) is 3.79. The van der Waals surface area contributed by atoms with E-state index in [4.69, 9.17) is 9.15 Å². The lowest BCUT2D eigenvalue weighted by atomic mass is 10.1. The summed E-state index contributed by atoms with van der Waals surface area (Å²) >= 11 is 0. The van der Waals surface area contributed by atoms with Crippen molar-refractivity contribution in [2.45, 2.75) is 12.7 Å². The van der Waals surface area contributed by atoms with Gasteiger partial charge in [-0.1, -0.05) is 12.1 Å². The molecule has 0 bridgehead atoms. The lowest BCUT2D eigenvalue weighted by Gasteiger charge is -2.05. The predicted molar refractivity (Wildman–Crippen MR) is 97.2 cm³/mol. The Hall–Kier alpha value is -3.22. The molecule has 1 N–H and O–H groups in total. The van der Waals surface area contributed by atoms with Crippen molar-refractivity contribution in [1.82, 2.24) is 4.98 Å². The minimum atomic E-state index is -4.34. The van der Waals surface area contributed by atoms with Gasteiger partial charge < -0.3 is 14.5 Å². The molecule has 2 aromatic carbocycles. The molecule has 3 aromatic rings. The van der Waals surface area contributed by atoms with E-state index in [1.165, 1.54) is 18.4 Å². The summed E-state index contributed by atoms with van der Waals surface area (Å²) in [7, 11) is 1.61. The second-order valence-corrected chi connectivity index (χ2v) is 5.71. The van der Waals surface area contributed by atoms with Crippen LogP contribution in [-0.2, 0) is 12.7 Å². The Bertz CT molecular complexity index is 898. The van der Waals surface area contributed by atoms with Crippen molar-refractivity contribution in [3.05, 3.63) is 77.5 Å². The van der Waals surface area contributed by atoms with Crippen LogP contribution in [-0.4, -0.2) is 12.1 Å². The lowest BCUT2D eigenvalue weighted by molar-refractivity contribution is -0.137. The molecule has 0 saturated carbocycles. The molecule has 0 aliphatic heterocycles. The maximum atomic E-state index is 12.6. The average Bonchev–Trinajstić information content (AvgIpc) is 3.13. The molecule has 0 atom stereocenters. The quantitative estimate of drug-likeness (QED) is 0.620. The van der Waals surface area contributed by atoms with Crippen LogP contribution in [0.2, 0.25) is 0 Å². The first-order chi connectivity index (χ1) is 12.9. The van der Waals surface area contributed by atoms with Gasteiger partial charge in [0.2, 0.25) is 5.89 Å². The molecule has 27 heavy (non-hydrogen) atoms. The van der Waals surface area contributed by atoms with Crippen LogP contribution >= 0.6 is 0 Å². The highest BCUT2D eigenvalue weighted by atomic mass is 19.4. The summed E-state index contributed by atoms with van der Waals surface area (Å²) in [6, 6.07) is 12.4.